The molecule has 0 atom stereocenters. The van der Waals surface area contributed by atoms with E-state index in [-0.39, 0.29) is 46.2 Å². The number of hydrogen-bond donors (Lipinski definition) is 0. The first-order chi connectivity index (χ1) is 19.0. The fraction of sp³-hybridized carbons (Fsp3) is 0.484. The van der Waals surface area contributed by atoms with Crippen molar-refractivity contribution in [1.29, 1.82) is 0 Å². The van der Waals surface area contributed by atoms with Crippen molar-refractivity contribution in [3.63, 3.8) is 0 Å². The Balaban J connectivity index is 1.46. The van der Waals surface area contributed by atoms with Crippen LogP contribution >= 0.6 is 0 Å². The third-order valence-electron chi connectivity index (χ3n) is 7.03. The smallest absolute Gasteiger partial charge is 0.307 e. The van der Waals surface area contributed by atoms with Crippen molar-refractivity contribution in [3.8, 4) is 22.5 Å². The molecule has 3 aromatic rings. The van der Waals surface area contributed by atoms with E-state index < -0.39 is 0 Å². The predicted molar refractivity (Wildman–Crippen MR) is 151 cm³/mol. The molecule has 0 spiro atoms. The van der Waals surface area contributed by atoms with Crippen molar-refractivity contribution >= 4 is 17.4 Å². The number of nitrogens with zero attached hydrogens (tertiary/aromatic N) is 4. The second kappa shape index (κ2) is 14.7. The van der Waals surface area contributed by atoms with E-state index >= 15 is 0 Å². The van der Waals surface area contributed by atoms with E-state index in [2.05, 4.69) is 41.2 Å². The van der Waals surface area contributed by atoms with Gasteiger partial charge in [-0.15, -0.1) is 5.10 Å². The van der Waals surface area contributed by atoms with Crippen molar-refractivity contribution in [2.45, 2.75) is 78.3 Å². The summed E-state index contributed by atoms with van der Waals surface area (Å²) in [6.45, 7) is 6.41. The summed E-state index contributed by atoms with van der Waals surface area (Å²) in [5.41, 5.74) is 5.58. The van der Waals surface area contributed by atoms with Crippen molar-refractivity contribution in [1.82, 2.24) is 15.0 Å². The normalized spacial score (nSPS) is 12.6. The molecular formula is C31H40IN4O3-. The zero-order valence-corrected chi connectivity index (χ0v) is 25.5. The Hall–Kier alpha value is -2.59. The van der Waals surface area contributed by atoms with Gasteiger partial charge in [0.05, 0.1) is 17.9 Å². The van der Waals surface area contributed by atoms with Crippen LogP contribution in [0.4, 0.5) is 5.69 Å². The van der Waals surface area contributed by atoms with Gasteiger partial charge in [0, 0.05) is 17.7 Å². The Labute approximate surface area is 243 Å². The molecule has 1 aliphatic rings. The van der Waals surface area contributed by atoms with Gasteiger partial charge in [0.15, 0.2) is 0 Å². The van der Waals surface area contributed by atoms with E-state index in [4.69, 9.17) is 3.07 Å². The van der Waals surface area contributed by atoms with Crippen LogP contribution in [0.1, 0.15) is 70.8 Å². The number of halogens is 1. The van der Waals surface area contributed by atoms with Gasteiger partial charge in [-0.2, -0.15) is 0 Å². The number of carbonyl (C=O) groups is 2. The first kappa shape index (κ1) is 29.4. The van der Waals surface area contributed by atoms with Gasteiger partial charge in [-0.1, -0.05) is 61.5 Å². The SMILES string of the molecule is C[I-]OCCCCCCCC(=O)CCC(=O)N1Cc2ccccc2-c2c(nnn2CC(C)C)-c2ccccc21. The van der Waals surface area contributed by atoms with Gasteiger partial charge >= 0.3 is 104 Å². The van der Waals surface area contributed by atoms with Gasteiger partial charge in [0.25, 0.3) is 0 Å². The molecule has 0 saturated carbocycles. The van der Waals surface area contributed by atoms with Crippen molar-refractivity contribution in [3.05, 3.63) is 54.1 Å². The fourth-order valence-electron chi connectivity index (χ4n) is 5.10. The number of anilines is 1. The molecule has 39 heavy (non-hydrogen) atoms. The topological polar surface area (TPSA) is 77.3 Å². The van der Waals surface area contributed by atoms with Crippen LogP contribution in [-0.4, -0.2) is 38.2 Å². The van der Waals surface area contributed by atoms with Crippen LogP contribution in [0, 0.1) is 5.92 Å². The van der Waals surface area contributed by atoms with Crippen LogP contribution in [0.3, 0.4) is 0 Å². The number of hydrogen-bond acceptors (Lipinski definition) is 5. The minimum atomic E-state index is -0.0728. The molecule has 0 fully saturated rings. The number of benzene rings is 2. The molecule has 7 nitrogen and oxygen atoms in total. The standard InChI is InChI=1S/C31H40IN4O3/c1-23(2)21-36-31-26-15-9-8-13-24(26)22-35(28-17-11-10-16-27(28)30(31)33-34-36)29(38)19-18-25(37)14-7-5-4-6-12-20-39-32-3/h8-11,13,15-17,23H,4-7,12,14,18-22H2,1-3H3/q-1. The average Bonchev–Trinajstić information content (AvgIpc) is 3.33. The number of alkyl halides is 1. The second-order valence-electron chi connectivity index (χ2n) is 10.5. The summed E-state index contributed by atoms with van der Waals surface area (Å²) in [4.78, 5) is 30.2. The molecule has 0 N–H and O–H groups in total. The van der Waals surface area contributed by atoms with Crippen molar-refractivity contribution in [2.24, 2.45) is 5.92 Å². The number of unbranched alkanes of at least 4 members (excludes halogenated alkanes) is 4. The molecule has 1 aromatic heterocycles. The molecule has 0 bridgehead atoms. The summed E-state index contributed by atoms with van der Waals surface area (Å²) < 4.78 is 7.48. The molecule has 0 aliphatic carbocycles. The van der Waals surface area contributed by atoms with Gasteiger partial charge in [-0.3, -0.25) is 4.79 Å². The predicted octanol–water partition coefficient (Wildman–Crippen LogP) is 3.46. The van der Waals surface area contributed by atoms with Crippen LogP contribution < -0.4 is 26.5 Å². The fourth-order valence-corrected chi connectivity index (χ4v) is 5.86. The van der Waals surface area contributed by atoms with E-state index in [1.54, 1.807) is 0 Å². The zero-order valence-electron chi connectivity index (χ0n) is 23.4. The number of amides is 1. The Kier molecular flexibility index (Phi) is 11.1. The molecule has 0 saturated heterocycles. The molecule has 0 radical (unpaired) electrons. The van der Waals surface area contributed by atoms with E-state index in [0.29, 0.717) is 18.9 Å². The Morgan fingerprint density at radius 1 is 0.923 bits per heavy atom. The maximum atomic E-state index is 13.6. The summed E-state index contributed by atoms with van der Waals surface area (Å²) in [7, 11) is 0. The summed E-state index contributed by atoms with van der Waals surface area (Å²) in [5, 5.41) is 9.13. The van der Waals surface area contributed by atoms with E-state index in [1.807, 2.05) is 46.0 Å². The van der Waals surface area contributed by atoms with Crippen LogP contribution in [0.2, 0.25) is 0 Å². The van der Waals surface area contributed by atoms with Gasteiger partial charge in [-0.25, -0.2) is 4.68 Å². The number of fused-ring (bicyclic) bond motifs is 5. The molecule has 210 valence electrons. The molecule has 4 rings (SSSR count). The molecule has 2 heterocycles. The summed E-state index contributed by atoms with van der Waals surface area (Å²) in [6.07, 6.45) is 6.37. The molecule has 1 amide bonds. The number of Topliss-reactive ketones (excluding diaryl/α,β-unsaturated/α-hetero) is 1. The second-order valence-corrected chi connectivity index (χ2v) is 12.0. The maximum absolute atomic E-state index is 13.6. The van der Waals surface area contributed by atoms with E-state index in [9.17, 15) is 9.59 Å². The van der Waals surface area contributed by atoms with Crippen LogP contribution in [0.15, 0.2) is 48.5 Å². The van der Waals surface area contributed by atoms with E-state index in [0.717, 1.165) is 79.0 Å². The Morgan fingerprint density at radius 3 is 2.44 bits per heavy atom. The number of rotatable bonds is 14. The van der Waals surface area contributed by atoms with Gasteiger partial charge in [0.2, 0.25) is 0 Å². The third kappa shape index (κ3) is 7.75. The summed E-state index contributed by atoms with van der Waals surface area (Å²) in [5.74, 6) is 0.546. The molecule has 0 unspecified atom stereocenters. The van der Waals surface area contributed by atoms with Crippen LogP contribution in [0.5, 0.6) is 0 Å². The number of carbonyl (C=O) groups excluding carboxylic acids is 2. The van der Waals surface area contributed by atoms with Gasteiger partial charge < -0.3 is 4.90 Å². The van der Waals surface area contributed by atoms with Gasteiger partial charge in [0.1, 0.15) is 5.69 Å². The minimum absolute atomic E-state index is 0.0395. The van der Waals surface area contributed by atoms with Crippen molar-refractivity contribution in [2.75, 3.05) is 16.4 Å². The molecule has 8 heteroatoms. The number of para-hydroxylation sites is 1. The molecule has 2 aromatic carbocycles. The monoisotopic (exact) mass is 643 g/mol. The number of aromatic nitrogens is 3. The number of ketones is 1. The van der Waals surface area contributed by atoms with Crippen LogP contribution in [0.25, 0.3) is 22.5 Å². The summed E-state index contributed by atoms with van der Waals surface area (Å²) in [6, 6.07) is 16.1. The quantitative estimate of drug-likeness (QED) is 0.153. The Morgan fingerprint density at radius 2 is 1.64 bits per heavy atom. The Bertz CT molecular complexity index is 1260. The zero-order chi connectivity index (χ0) is 27.6. The first-order valence-corrected chi connectivity index (χ1v) is 17.1. The molecule has 1 aliphatic heterocycles. The van der Waals surface area contributed by atoms with Crippen molar-refractivity contribution < 1.29 is 34.3 Å². The van der Waals surface area contributed by atoms with Crippen LogP contribution in [-0.2, 0) is 25.7 Å². The molecular weight excluding hydrogens is 603 g/mol. The average molecular weight is 644 g/mol. The first-order valence-electron chi connectivity index (χ1n) is 14.0. The van der Waals surface area contributed by atoms with E-state index in [1.165, 1.54) is 0 Å². The van der Waals surface area contributed by atoms with Gasteiger partial charge in [-0.05, 0) is 17.5 Å². The summed E-state index contributed by atoms with van der Waals surface area (Å²) >= 11 is -0.0728. The third-order valence-corrected chi connectivity index (χ3v) is 8.09. The minimum Gasteiger partial charge on any atom is -0.307 e.